The molecule has 0 fully saturated rings. The molecule has 128 valence electrons. The van der Waals surface area contributed by atoms with Crippen LogP contribution in [0.25, 0.3) is 0 Å². The number of nitrogens with zero attached hydrogens (tertiary/aromatic N) is 2. The number of nitriles is 2. The first-order valence-electron chi connectivity index (χ1n) is 7.41. The summed E-state index contributed by atoms with van der Waals surface area (Å²) in [6.45, 7) is 1.94. The fourth-order valence-corrected chi connectivity index (χ4v) is 3.58. The molecule has 0 aliphatic carbocycles. The van der Waals surface area contributed by atoms with Crippen LogP contribution in [0, 0.1) is 28.6 Å². The van der Waals surface area contributed by atoms with E-state index >= 15 is 0 Å². The summed E-state index contributed by atoms with van der Waals surface area (Å²) in [4.78, 5) is 23.9. The number of nitrogens with one attached hydrogen (secondary N) is 1. The van der Waals surface area contributed by atoms with Crippen molar-refractivity contribution in [1.82, 2.24) is 5.32 Å². The molecule has 1 aromatic rings. The standard InChI is InChI=1S/C17H14ClN3O3S/c1-2-24-14(22)9-25-17-12(8-20)15(11(7-19)16(23)21-17)10-5-3-4-6-13(10)18/h3-6,11,15H,2,9H2,1H3,(H,21,23)/t11-,15-/m0/s1. The van der Waals surface area contributed by atoms with Crippen molar-refractivity contribution in [2.45, 2.75) is 12.8 Å². The second kappa shape index (κ2) is 8.57. The molecule has 1 N–H and O–H groups in total. The summed E-state index contributed by atoms with van der Waals surface area (Å²) in [5.74, 6) is -2.91. The molecule has 0 saturated carbocycles. The van der Waals surface area contributed by atoms with E-state index in [1.165, 1.54) is 0 Å². The predicted molar refractivity (Wildman–Crippen MR) is 93.2 cm³/mol. The van der Waals surface area contributed by atoms with Gasteiger partial charge in [-0.15, -0.1) is 0 Å². The second-order valence-corrected chi connectivity index (χ2v) is 6.44. The van der Waals surface area contributed by atoms with E-state index in [0.717, 1.165) is 11.8 Å². The van der Waals surface area contributed by atoms with Gasteiger partial charge in [-0.2, -0.15) is 10.5 Å². The number of esters is 1. The zero-order chi connectivity index (χ0) is 18.4. The number of ether oxygens (including phenoxy) is 1. The van der Waals surface area contributed by atoms with Gasteiger partial charge in [0.05, 0.1) is 35.1 Å². The summed E-state index contributed by atoms with van der Waals surface area (Å²) in [7, 11) is 0. The van der Waals surface area contributed by atoms with Gasteiger partial charge in [0.25, 0.3) is 0 Å². The first-order chi connectivity index (χ1) is 12.0. The summed E-state index contributed by atoms with van der Waals surface area (Å²) in [6, 6.07) is 10.8. The molecular weight excluding hydrogens is 362 g/mol. The Kier molecular flexibility index (Phi) is 6.46. The number of carbonyl (C=O) groups is 2. The number of rotatable bonds is 5. The molecule has 6 nitrogen and oxygen atoms in total. The van der Waals surface area contributed by atoms with Crippen LogP contribution in [-0.4, -0.2) is 24.2 Å². The molecule has 25 heavy (non-hydrogen) atoms. The average Bonchev–Trinajstić information content (AvgIpc) is 2.60. The first-order valence-corrected chi connectivity index (χ1v) is 8.77. The van der Waals surface area contributed by atoms with E-state index in [9.17, 15) is 20.1 Å². The van der Waals surface area contributed by atoms with Crippen molar-refractivity contribution in [3.63, 3.8) is 0 Å². The number of thioether (sulfide) groups is 1. The highest BCUT2D eigenvalue weighted by molar-refractivity contribution is 8.03. The SMILES string of the molecule is CCOC(=O)CSC1=C(C#N)[C@@H](c2ccccc2Cl)[C@H](C#N)C(=O)N1. The Bertz CT molecular complexity index is 810. The monoisotopic (exact) mass is 375 g/mol. The highest BCUT2D eigenvalue weighted by atomic mass is 35.5. The van der Waals surface area contributed by atoms with Crippen LogP contribution < -0.4 is 5.32 Å². The largest absolute Gasteiger partial charge is 0.465 e. The Balaban J connectivity index is 2.45. The third-order valence-electron chi connectivity index (χ3n) is 3.55. The highest BCUT2D eigenvalue weighted by Crippen LogP contribution is 2.41. The van der Waals surface area contributed by atoms with Gasteiger partial charge in [-0.1, -0.05) is 41.6 Å². The van der Waals surface area contributed by atoms with Crippen molar-refractivity contribution in [3.8, 4) is 12.1 Å². The zero-order valence-electron chi connectivity index (χ0n) is 13.3. The zero-order valence-corrected chi connectivity index (χ0v) is 14.9. The number of hydrogen-bond acceptors (Lipinski definition) is 6. The van der Waals surface area contributed by atoms with Crippen molar-refractivity contribution in [3.05, 3.63) is 45.5 Å². The van der Waals surface area contributed by atoms with Crippen LogP contribution in [0.5, 0.6) is 0 Å². The Morgan fingerprint density at radius 3 is 2.72 bits per heavy atom. The molecule has 2 atom stereocenters. The number of halogens is 1. The van der Waals surface area contributed by atoms with E-state index in [-0.39, 0.29) is 23.0 Å². The third kappa shape index (κ3) is 4.14. The molecule has 0 radical (unpaired) electrons. The molecule has 0 saturated heterocycles. The van der Waals surface area contributed by atoms with Gasteiger partial charge in [0.15, 0.2) is 0 Å². The van der Waals surface area contributed by atoms with E-state index in [4.69, 9.17) is 16.3 Å². The first kappa shape index (κ1) is 18.9. The lowest BCUT2D eigenvalue weighted by molar-refractivity contribution is -0.139. The molecule has 1 heterocycles. The lowest BCUT2D eigenvalue weighted by Gasteiger charge is -2.29. The Hall–Kier alpha value is -2.48. The fraction of sp³-hybridized carbons (Fsp3) is 0.294. The lowest BCUT2D eigenvalue weighted by atomic mass is 9.79. The van der Waals surface area contributed by atoms with Crippen LogP contribution >= 0.6 is 23.4 Å². The van der Waals surface area contributed by atoms with Gasteiger partial charge in [-0.25, -0.2) is 0 Å². The van der Waals surface area contributed by atoms with Crippen LogP contribution in [-0.2, 0) is 14.3 Å². The minimum Gasteiger partial charge on any atom is -0.465 e. The smallest absolute Gasteiger partial charge is 0.316 e. The maximum absolute atomic E-state index is 12.3. The highest BCUT2D eigenvalue weighted by Gasteiger charge is 2.40. The van der Waals surface area contributed by atoms with Crippen LogP contribution in [0.3, 0.4) is 0 Å². The quantitative estimate of drug-likeness (QED) is 0.793. The fourth-order valence-electron chi connectivity index (χ4n) is 2.48. The van der Waals surface area contributed by atoms with Crippen LogP contribution in [0.4, 0.5) is 0 Å². The van der Waals surface area contributed by atoms with E-state index in [1.807, 2.05) is 6.07 Å². The van der Waals surface area contributed by atoms with E-state index < -0.39 is 23.7 Å². The Labute approximate surface area is 154 Å². The van der Waals surface area contributed by atoms with Crippen molar-refractivity contribution in [2.75, 3.05) is 12.4 Å². The number of amides is 1. The van der Waals surface area contributed by atoms with Crippen LogP contribution in [0.2, 0.25) is 5.02 Å². The van der Waals surface area contributed by atoms with E-state index in [1.54, 1.807) is 31.2 Å². The van der Waals surface area contributed by atoms with Gasteiger partial charge < -0.3 is 10.1 Å². The molecule has 0 aromatic heterocycles. The molecule has 8 heteroatoms. The van der Waals surface area contributed by atoms with Crippen LogP contribution in [0.15, 0.2) is 34.9 Å². The minimum absolute atomic E-state index is 0.0545. The van der Waals surface area contributed by atoms with Crippen molar-refractivity contribution in [2.24, 2.45) is 5.92 Å². The lowest BCUT2D eigenvalue weighted by Crippen LogP contribution is -2.39. The number of hydrogen-bond donors (Lipinski definition) is 1. The summed E-state index contributed by atoms with van der Waals surface area (Å²) < 4.78 is 4.85. The van der Waals surface area contributed by atoms with Gasteiger partial charge in [-0.05, 0) is 18.6 Å². The van der Waals surface area contributed by atoms with Gasteiger partial charge in [0, 0.05) is 10.9 Å². The van der Waals surface area contributed by atoms with Crippen molar-refractivity contribution >= 4 is 35.2 Å². The topological polar surface area (TPSA) is 103 Å². The van der Waals surface area contributed by atoms with Gasteiger partial charge in [-0.3, -0.25) is 9.59 Å². The maximum atomic E-state index is 12.3. The maximum Gasteiger partial charge on any atom is 0.316 e. The Morgan fingerprint density at radius 1 is 1.40 bits per heavy atom. The summed E-state index contributed by atoms with van der Waals surface area (Å²) in [5.41, 5.74) is 0.727. The third-order valence-corrected chi connectivity index (χ3v) is 4.88. The second-order valence-electron chi connectivity index (χ2n) is 5.04. The van der Waals surface area contributed by atoms with Crippen molar-refractivity contribution in [1.29, 1.82) is 10.5 Å². The number of carbonyl (C=O) groups excluding carboxylic acids is 2. The molecule has 1 aromatic carbocycles. The van der Waals surface area contributed by atoms with Gasteiger partial charge in [0.2, 0.25) is 5.91 Å². The van der Waals surface area contributed by atoms with E-state index in [2.05, 4.69) is 11.4 Å². The molecule has 1 amide bonds. The van der Waals surface area contributed by atoms with Crippen molar-refractivity contribution < 1.29 is 14.3 Å². The summed E-state index contributed by atoms with van der Waals surface area (Å²) in [5, 5.41) is 22.2. The predicted octanol–water partition coefficient (Wildman–Crippen LogP) is 2.72. The Morgan fingerprint density at radius 2 is 2.12 bits per heavy atom. The van der Waals surface area contributed by atoms with E-state index in [0.29, 0.717) is 10.6 Å². The molecule has 0 spiro atoms. The average molecular weight is 376 g/mol. The molecule has 1 aliphatic rings. The molecule has 0 bridgehead atoms. The normalized spacial score (nSPS) is 19.6. The number of benzene rings is 1. The molecular formula is C17H14ClN3O3S. The number of allylic oxidation sites excluding steroid dienone is 1. The van der Waals surface area contributed by atoms with Gasteiger partial charge in [0.1, 0.15) is 5.92 Å². The molecule has 0 unspecified atom stereocenters. The summed E-state index contributed by atoms with van der Waals surface area (Å²) >= 11 is 7.21. The minimum atomic E-state index is -1.08. The van der Waals surface area contributed by atoms with Crippen LogP contribution in [0.1, 0.15) is 18.4 Å². The van der Waals surface area contributed by atoms with Gasteiger partial charge >= 0.3 is 5.97 Å². The molecule has 1 aliphatic heterocycles. The molecule has 2 rings (SSSR count). The summed E-state index contributed by atoms with van der Waals surface area (Å²) in [6.07, 6.45) is 0.